The maximum Gasteiger partial charge on any atom is 0.230 e. The summed E-state index contributed by atoms with van der Waals surface area (Å²) >= 11 is 0. The molecule has 27 heavy (non-hydrogen) atoms. The standard InChI is InChI=1S/C24H24N2O/c25-22-11-12-26(24(27)19-8-9-19)23-10-6-17(15-21(22)23)13-16-5-7-18-3-1-2-4-20(18)14-16/h1-7,10,14-15,19,22H,8-9,11-13,25H2/p+1/t22-/m1/s1. The monoisotopic (exact) mass is 357 g/mol. The molecule has 0 radical (unpaired) electrons. The lowest BCUT2D eigenvalue weighted by Gasteiger charge is -2.32. The van der Waals surface area contributed by atoms with Gasteiger partial charge in [0, 0.05) is 24.4 Å². The molecule has 0 aromatic heterocycles. The smallest absolute Gasteiger partial charge is 0.230 e. The lowest BCUT2D eigenvalue weighted by Crippen LogP contribution is -2.57. The predicted molar refractivity (Wildman–Crippen MR) is 109 cm³/mol. The highest BCUT2D eigenvalue weighted by Gasteiger charge is 2.37. The molecule has 5 rings (SSSR count). The van der Waals surface area contributed by atoms with Gasteiger partial charge in [0.25, 0.3) is 0 Å². The molecule has 1 aliphatic carbocycles. The molecule has 1 saturated carbocycles. The van der Waals surface area contributed by atoms with Crippen LogP contribution in [0.3, 0.4) is 0 Å². The van der Waals surface area contributed by atoms with Crippen LogP contribution in [0.5, 0.6) is 0 Å². The first kappa shape index (κ1) is 16.5. The lowest BCUT2D eigenvalue weighted by atomic mass is 9.92. The number of carbonyl (C=O) groups is 1. The largest absolute Gasteiger partial charge is 0.351 e. The van der Waals surface area contributed by atoms with Gasteiger partial charge in [-0.2, -0.15) is 0 Å². The van der Waals surface area contributed by atoms with Crippen molar-refractivity contribution in [1.29, 1.82) is 0 Å². The molecule has 3 nitrogen and oxygen atoms in total. The van der Waals surface area contributed by atoms with Crippen molar-refractivity contribution in [3.63, 3.8) is 0 Å². The molecular weight excluding hydrogens is 332 g/mol. The number of rotatable bonds is 3. The number of hydrogen-bond donors (Lipinski definition) is 1. The van der Waals surface area contributed by atoms with Gasteiger partial charge in [0.05, 0.1) is 5.69 Å². The zero-order chi connectivity index (χ0) is 18.4. The topological polar surface area (TPSA) is 48.0 Å². The van der Waals surface area contributed by atoms with E-state index in [-0.39, 0.29) is 12.0 Å². The Kier molecular flexibility index (Phi) is 3.98. The number of nitrogens with zero attached hydrogens (tertiary/aromatic N) is 1. The molecule has 1 amide bonds. The lowest BCUT2D eigenvalue weighted by molar-refractivity contribution is -0.427. The summed E-state index contributed by atoms with van der Waals surface area (Å²) in [6.07, 6.45) is 3.96. The first-order valence-electron chi connectivity index (χ1n) is 9.94. The summed E-state index contributed by atoms with van der Waals surface area (Å²) in [4.78, 5) is 14.6. The minimum atomic E-state index is 0.261. The molecular formula is C24H25N2O+. The molecule has 1 aliphatic heterocycles. The van der Waals surface area contributed by atoms with Crippen LogP contribution >= 0.6 is 0 Å². The second-order valence-corrected chi connectivity index (χ2v) is 8.00. The number of hydrogen-bond acceptors (Lipinski definition) is 1. The minimum absolute atomic E-state index is 0.261. The summed E-state index contributed by atoms with van der Waals surface area (Å²) in [5, 5.41) is 2.56. The molecule has 3 aromatic carbocycles. The highest BCUT2D eigenvalue weighted by atomic mass is 16.2. The number of quaternary nitrogens is 1. The van der Waals surface area contributed by atoms with Crippen molar-refractivity contribution in [3.8, 4) is 0 Å². The van der Waals surface area contributed by atoms with Gasteiger partial charge in [-0.3, -0.25) is 4.79 Å². The van der Waals surface area contributed by atoms with E-state index in [2.05, 4.69) is 66.4 Å². The third-order valence-corrected chi connectivity index (χ3v) is 5.94. The molecule has 1 atom stereocenters. The summed E-state index contributed by atoms with van der Waals surface area (Å²) in [6, 6.07) is 22.0. The van der Waals surface area contributed by atoms with Crippen LogP contribution in [0.15, 0.2) is 60.7 Å². The van der Waals surface area contributed by atoms with E-state index in [1.165, 1.54) is 27.5 Å². The predicted octanol–water partition coefficient (Wildman–Crippen LogP) is 3.86. The fourth-order valence-corrected chi connectivity index (χ4v) is 4.21. The van der Waals surface area contributed by atoms with Crippen molar-refractivity contribution < 1.29 is 10.5 Å². The zero-order valence-corrected chi connectivity index (χ0v) is 15.5. The Morgan fingerprint density at radius 2 is 1.67 bits per heavy atom. The summed E-state index contributed by atoms with van der Waals surface area (Å²) in [5.41, 5.74) is 9.26. The van der Waals surface area contributed by atoms with Crippen molar-refractivity contribution in [2.45, 2.75) is 31.7 Å². The third-order valence-electron chi connectivity index (χ3n) is 5.94. The number of carbonyl (C=O) groups excluding carboxylic acids is 1. The number of amides is 1. The van der Waals surface area contributed by atoms with E-state index in [9.17, 15) is 4.79 Å². The van der Waals surface area contributed by atoms with E-state index < -0.39 is 0 Å². The van der Waals surface area contributed by atoms with Gasteiger partial charge in [0.1, 0.15) is 6.04 Å². The maximum absolute atomic E-state index is 12.6. The van der Waals surface area contributed by atoms with Gasteiger partial charge in [-0.1, -0.05) is 48.5 Å². The average Bonchev–Trinajstić information content (AvgIpc) is 3.53. The second-order valence-electron chi connectivity index (χ2n) is 8.00. The summed E-state index contributed by atoms with van der Waals surface area (Å²) in [6.45, 7) is 0.806. The molecule has 1 fully saturated rings. The van der Waals surface area contributed by atoms with Gasteiger partial charge in [0.15, 0.2) is 0 Å². The van der Waals surface area contributed by atoms with Gasteiger partial charge in [-0.15, -0.1) is 0 Å². The Hall–Kier alpha value is -2.65. The summed E-state index contributed by atoms with van der Waals surface area (Å²) < 4.78 is 0. The Bertz CT molecular complexity index is 1020. The highest BCUT2D eigenvalue weighted by molar-refractivity contribution is 5.97. The molecule has 3 heteroatoms. The van der Waals surface area contributed by atoms with E-state index in [4.69, 9.17) is 0 Å². The van der Waals surface area contributed by atoms with Crippen LogP contribution in [0.4, 0.5) is 5.69 Å². The van der Waals surface area contributed by atoms with Crippen molar-refractivity contribution in [2.24, 2.45) is 5.92 Å². The number of fused-ring (bicyclic) bond motifs is 2. The zero-order valence-electron chi connectivity index (χ0n) is 15.5. The first-order valence-corrected chi connectivity index (χ1v) is 9.94. The molecule has 3 N–H and O–H groups in total. The Morgan fingerprint density at radius 3 is 2.48 bits per heavy atom. The normalized spacial score (nSPS) is 19.1. The van der Waals surface area contributed by atoms with Crippen LogP contribution in [-0.2, 0) is 11.2 Å². The van der Waals surface area contributed by atoms with Crippen LogP contribution < -0.4 is 10.6 Å². The second kappa shape index (κ2) is 6.50. The summed E-state index contributed by atoms with van der Waals surface area (Å²) in [5.74, 6) is 0.571. The van der Waals surface area contributed by atoms with E-state index in [0.717, 1.165) is 37.9 Å². The minimum Gasteiger partial charge on any atom is -0.351 e. The molecule has 1 heterocycles. The van der Waals surface area contributed by atoms with Crippen molar-refractivity contribution in [3.05, 3.63) is 77.4 Å². The number of anilines is 1. The van der Waals surface area contributed by atoms with Crippen LogP contribution in [-0.4, -0.2) is 12.5 Å². The Balaban J connectivity index is 1.45. The van der Waals surface area contributed by atoms with Crippen LogP contribution in [0.1, 0.15) is 42.0 Å². The van der Waals surface area contributed by atoms with Gasteiger partial charge in [-0.05, 0) is 53.3 Å². The molecule has 0 bridgehead atoms. The van der Waals surface area contributed by atoms with Crippen molar-refractivity contribution in [2.75, 3.05) is 11.4 Å². The van der Waals surface area contributed by atoms with Gasteiger partial charge < -0.3 is 10.6 Å². The van der Waals surface area contributed by atoms with Crippen molar-refractivity contribution in [1.82, 2.24) is 0 Å². The SMILES string of the molecule is [NH3+][C@@H]1CCN(C(=O)C2CC2)c2ccc(Cc3ccc4ccccc4c3)cc21. The van der Waals surface area contributed by atoms with Gasteiger partial charge in [-0.25, -0.2) is 0 Å². The van der Waals surface area contributed by atoms with Crippen LogP contribution in [0.25, 0.3) is 10.8 Å². The third kappa shape index (κ3) is 3.13. The fourth-order valence-electron chi connectivity index (χ4n) is 4.21. The molecule has 2 aliphatic rings. The Morgan fingerprint density at radius 1 is 0.926 bits per heavy atom. The summed E-state index contributed by atoms with van der Waals surface area (Å²) in [7, 11) is 0. The molecule has 136 valence electrons. The maximum atomic E-state index is 12.6. The average molecular weight is 357 g/mol. The first-order chi connectivity index (χ1) is 13.2. The van der Waals surface area contributed by atoms with Crippen LogP contribution in [0.2, 0.25) is 0 Å². The van der Waals surface area contributed by atoms with Crippen molar-refractivity contribution >= 4 is 22.4 Å². The van der Waals surface area contributed by atoms with Gasteiger partial charge >= 0.3 is 0 Å². The van der Waals surface area contributed by atoms with Crippen LogP contribution in [0, 0.1) is 5.92 Å². The fraction of sp³-hybridized carbons (Fsp3) is 0.292. The van der Waals surface area contributed by atoms with E-state index in [0.29, 0.717) is 5.91 Å². The molecule has 0 spiro atoms. The van der Waals surface area contributed by atoms with E-state index in [1.807, 2.05) is 4.90 Å². The molecule has 0 unspecified atom stereocenters. The van der Waals surface area contributed by atoms with Gasteiger partial charge in [0.2, 0.25) is 5.91 Å². The molecule has 0 saturated heterocycles. The van der Waals surface area contributed by atoms with E-state index >= 15 is 0 Å². The van der Waals surface area contributed by atoms with E-state index in [1.54, 1.807) is 0 Å². The number of benzene rings is 3. The molecule has 3 aromatic rings. The quantitative estimate of drug-likeness (QED) is 0.760. The Labute approximate surface area is 159 Å². The highest BCUT2D eigenvalue weighted by Crippen LogP contribution is 2.38.